The molecule has 0 radical (unpaired) electrons. The molecule has 1 N–H and O–H groups in total. The average molecular weight is 375 g/mol. The summed E-state index contributed by atoms with van der Waals surface area (Å²) >= 11 is 3.45. The Bertz CT molecular complexity index is 509. The van der Waals surface area contributed by atoms with E-state index in [2.05, 4.69) is 34.5 Å². The first-order valence-electron chi connectivity index (χ1n) is 6.77. The van der Waals surface area contributed by atoms with Gasteiger partial charge < -0.3 is 14.3 Å². The van der Waals surface area contributed by atoms with E-state index >= 15 is 0 Å². The molecule has 0 saturated carbocycles. The predicted molar refractivity (Wildman–Crippen MR) is 89.1 cm³/mol. The van der Waals surface area contributed by atoms with Crippen molar-refractivity contribution in [1.82, 2.24) is 0 Å². The lowest BCUT2D eigenvalue weighted by atomic mass is 10.0. The molecule has 0 aromatic heterocycles. The van der Waals surface area contributed by atoms with Crippen molar-refractivity contribution in [2.45, 2.75) is 38.4 Å². The average Bonchev–Trinajstić information content (AvgIpc) is 2.35. The van der Waals surface area contributed by atoms with Crippen LogP contribution in [0.5, 0.6) is 5.75 Å². The van der Waals surface area contributed by atoms with E-state index in [1.165, 1.54) is 7.11 Å². The van der Waals surface area contributed by atoms with Crippen LogP contribution in [0.1, 0.15) is 19.4 Å². The second-order valence-corrected chi connectivity index (χ2v) is 11.6. The third-order valence-electron chi connectivity index (χ3n) is 3.87. The molecule has 0 fully saturated rings. The minimum atomic E-state index is -2.24. The fourth-order valence-corrected chi connectivity index (χ4v) is 2.87. The molecule has 21 heavy (non-hydrogen) atoms. The third kappa shape index (κ3) is 5.12. The standard InChI is InChI=1S/C15H23BrO4Si/c1-15(2,21(4,5)18)9-11-6-7-13(12(16)8-11)20-10-14(17)19-3/h6-8,18H,9-10H2,1-5H3. The van der Waals surface area contributed by atoms with Gasteiger partial charge in [0.15, 0.2) is 14.9 Å². The van der Waals surface area contributed by atoms with Crippen LogP contribution in [-0.2, 0) is 16.0 Å². The number of rotatable bonds is 6. The van der Waals surface area contributed by atoms with Crippen molar-refractivity contribution in [2.24, 2.45) is 0 Å². The first-order chi connectivity index (χ1) is 9.56. The minimum Gasteiger partial charge on any atom is -0.481 e. The maximum atomic E-state index is 11.1. The first kappa shape index (κ1) is 18.2. The molecule has 0 amide bonds. The molecule has 0 atom stereocenters. The number of hydrogen-bond acceptors (Lipinski definition) is 4. The molecule has 0 spiro atoms. The highest BCUT2D eigenvalue weighted by atomic mass is 79.9. The van der Waals surface area contributed by atoms with E-state index in [-0.39, 0.29) is 11.6 Å². The zero-order valence-electron chi connectivity index (χ0n) is 13.2. The molecule has 118 valence electrons. The number of ether oxygens (including phenoxy) is 2. The Morgan fingerprint density at radius 3 is 2.48 bits per heavy atom. The molecule has 0 saturated heterocycles. The Morgan fingerprint density at radius 2 is 2.00 bits per heavy atom. The number of methoxy groups -OCH3 is 1. The normalized spacial score (nSPS) is 12.1. The zero-order chi connectivity index (χ0) is 16.3. The minimum absolute atomic E-state index is 0.115. The van der Waals surface area contributed by atoms with Crippen LogP contribution in [0.15, 0.2) is 22.7 Å². The van der Waals surface area contributed by atoms with E-state index in [4.69, 9.17) is 4.74 Å². The van der Waals surface area contributed by atoms with Crippen molar-refractivity contribution in [3.8, 4) is 5.75 Å². The SMILES string of the molecule is COC(=O)COc1ccc(CC(C)(C)[Si](C)(C)O)cc1Br. The Morgan fingerprint density at radius 1 is 1.38 bits per heavy atom. The Kier molecular flexibility index (Phi) is 6.01. The predicted octanol–water partition coefficient (Wildman–Crippen LogP) is 3.52. The van der Waals surface area contributed by atoms with Crippen molar-refractivity contribution in [3.63, 3.8) is 0 Å². The van der Waals surface area contributed by atoms with Crippen LogP contribution in [0.25, 0.3) is 0 Å². The van der Waals surface area contributed by atoms with Crippen LogP contribution in [0, 0.1) is 0 Å². The van der Waals surface area contributed by atoms with E-state index in [1.807, 2.05) is 31.3 Å². The second kappa shape index (κ2) is 6.94. The fraction of sp³-hybridized carbons (Fsp3) is 0.533. The van der Waals surface area contributed by atoms with Gasteiger partial charge in [-0.1, -0.05) is 19.9 Å². The van der Waals surface area contributed by atoms with Crippen LogP contribution < -0.4 is 4.74 Å². The molecule has 1 aromatic rings. The molecular formula is C15H23BrO4Si. The maximum absolute atomic E-state index is 11.1. The molecule has 1 rings (SSSR count). The summed E-state index contributed by atoms with van der Waals surface area (Å²) in [5.74, 6) is 0.183. The van der Waals surface area contributed by atoms with Gasteiger partial charge >= 0.3 is 5.97 Å². The first-order valence-corrected chi connectivity index (χ1v) is 10.5. The smallest absolute Gasteiger partial charge is 0.343 e. The van der Waals surface area contributed by atoms with Gasteiger partial charge in [0.2, 0.25) is 0 Å². The molecule has 6 heteroatoms. The van der Waals surface area contributed by atoms with Crippen molar-refractivity contribution in [3.05, 3.63) is 28.2 Å². The van der Waals surface area contributed by atoms with Gasteiger partial charge in [-0.3, -0.25) is 0 Å². The molecule has 0 heterocycles. The van der Waals surface area contributed by atoms with E-state index in [0.717, 1.165) is 16.5 Å². The van der Waals surface area contributed by atoms with Gasteiger partial charge in [0.25, 0.3) is 0 Å². The molecule has 0 unspecified atom stereocenters. The van der Waals surface area contributed by atoms with Gasteiger partial charge in [0, 0.05) is 0 Å². The van der Waals surface area contributed by atoms with Gasteiger partial charge in [0.1, 0.15) is 5.75 Å². The number of hydrogen-bond donors (Lipinski definition) is 1. The number of carbonyl (C=O) groups is 1. The maximum Gasteiger partial charge on any atom is 0.343 e. The Balaban J connectivity index is 2.81. The van der Waals surface area contributed by atoms with E-state index in [0.29, 0.717) is 5.75 Å². The molecule has 0 aliphatic carbocycles. The summed E-state index contributed by atoms with van der Waals surface area (Å²) in [4.78, 5) is 21.4. The lowest BCUT2D eigenvalue weighted by Crippen LogP contribution is -2.40. The van der Waals surface area contributed by atoms with Crippen LogP contribution in [-0.4, -0.2) is 32.8 Å². The van der Waals surface area contributed by atoms with Crippen molar-refractivity contribution < 1.29 is 19.1 Å². The summed E-state index contributed by atoms with van der Waals surface area (Å²) in [7, 11) is -0.916. The molecule has 0 aliphatic heterocycles. The quantitative estimate of drug-likeness (QED) is 0.611. The van der Waals surface area contributed by atoms with Crippen molar-refractivity contribution in [2.75, 3.05) is 13.7 Å². The lowest BCUT2D eigenvalue weighted by Gasteiger charge is -2.35. The van der Waals surface area contributed by atoms with Crippen molar-refractivity contribution >= 4 is 30.2 Å². The largest absolute Gasteiger partial charge is 0.481 e. The fourth-order valence-electron chi connectivity index (χ4n) is 1.69. The monoisotopic (exact) mass is 374 g/mol. The van der Waals surface area contributed by atoms with Gasteiger partial charge in [-0.15, -0.1) is 0 Å². The highest BCUT2D eigenvalue weighted by Gasteiger charge is 2.37. The van der Waals surface area contributed by atoms with Crippen molar-refractivity contribution in [1.29, 1.82) is 0 Å². The molecule has 1 aromatic carbocycles. The third-order valence-corrected chi connectivity index (χ3v) is 7.98. The summed E-state index contributed by atoms with van der Waals surface area (Å²) in [6, 6.07) is 5.75. The number of halogens is 1. The highest BCUT2D eigenvalue weighted by molar-refractivity contribution is 9.10. The summed E-state index contributed by atoms with van der Waals surface area (Å²) in [6.45, 7) is 7.98. The Labute approximate surface area is 135 Å². The molecule has 0 bridgehead atoms. The summed E-state index contributed by atoms with van der Waals surface area (Å²) in [6.07, 6.45) is 0.790. The van der Waals surface area contributed by atoms with Gasteiger partial charge in [-0.25, -0.2) is 4.79 Å². The molecular weight excluding hydrogens is 352 g/mol. The van der Waals surface area contributed by atoms with Gasteiger partial charge in [0.05, 0.1) is 11.6 Å². The van der Waals surface area contributed by atoms with Crippen LogP contribution in [0.2, 0.25) is 18.1 Å². The Hall–Kier alpha value is -0.853. The molecule has 0 aliphatic rings. The topological polar surface area (TPSA) is 55.8 Å². The van der Waals surface area contributed by atoms with Crippen LogP contribution in [0.4, 0.5) is 0 Å². The second-order valence-electron chi connectivity index (χ2n) is 6.25. The van der Waals surface area contributed by atoms with Gasteiger partial charge in [-0.05, 0) is 58.2 Å². The zero-order valence-corrected chi connectivity index (χ0v) is 15.8. The number of benzene rings is 1. The summed E-state index contributed by atoms with van der Waals surface area (Å²) in [5, 5.41) is -0.124. The van der Waals surface area contributed by atoms with Gasteiger partial charge in [-0.2, -0.15) is 0 Å². The van der Waals surface area contributed by atoms with E-state index in [1.54, 1.807) is 0 Å². The number of esters is 1. The lowest BCUT2D eigenvalue weighted by molar-refractivity contribution is -0.142. The van der Waals surface area contributed by atoms with Crippen LogP contribution >= 0.6 is 15.9 Å². The van der Waals surface area contributed by atoms with Crippen LogP contribution in [0.3, 0.4) is 0 Å². The van der Waals surface area contributed by atoms with E-state index < -0.39 is 14.3 Å². The highest BCUT2D eigenvalue weighted by Crippen LogP contribution is 2.39. The number of carbonyl (C=O) groups excluding carboxylic acids is 1. The summed E-state index contributed by atoms with van der Waals surface area (Å²) in [5.41, 5.74) is 1.12. The molecule has 4 nitrogen and oxygen atoms in total. The van der Waals surface area contributed by atoms with E-state index in [9.17, 15) is 9.59 Å². The summed E-state index contributed by atoms with van der Waals surface area (Å²) < 4.78 is 10.7.